The Morgan fingerprint density at radius 2 is 1.93 bits per heavy atom. The molecule has 5 nitrogen and oxygen atoms in total. The van der Waals surface area contributed by atoms with Gasteiger partial charge in [0.15, 0.2) is 0 Å². The van der Waals surface area contributed by atoms with Gasteiger partial charge >= 0.3 is 0 Å². The Morgan fingerprint density at radius 1 is 1.11 bits per heavy atom. The predicted octanol–water partition coefficient (Wildman–Crippen LogP) is 3.73. The largest absolute Gasteiger partial charge is 0.361 e. The monoisotopic (exact) mass is 383 g/mol. The van der Waals surface area contributed by atoms with E-state index in [0.717, 1.165) is 32.1 Å². The number of nitrogens with one attached hydrogen (secondary N) is 2. The molecule has 0 atom stereocenters. The lowest BCUT2D eigenvalue weighted by atomic mass is 10.1. The molecule has 0 saturated heterocycles. The van der Waals surface area contributed by atoms with E-state index in [4.69, 9.17) is 0 Å². The van der Waals surface area contributed by atoms with Crippen LogP contribution in [0.25, 0.3) is 22.2 Å². The second-order valence-electron chi connectivity index (χ2n) is 6.27. The van der Waals surface area contributed by atoms with Gasteiger partial charge in [0.1, 0.15) is 10.7 Å². The fraction of sp³-hybridized carbons (Fsp3) is 0.100. The third-order valence-corrected chi connectivity index (χ3v) is 6.15. The van der Waals surface area contributed by atoms with E-state index in [0.29, 0.717) is 12.2 Å². The van der Waals surface area contributed by atoms with Crippen LogP contribution in [-0.4, -0.2) is 24.4 Å². The van der Waals surface area contributed by atoms with Crippen molar-refractivity contribution >= 4 is 20.9 Å². The molecule has 7 heteroatoms. The molecule has 27 heavy (non-hydrogen) atoms. The number of fused-ring (bicyclic) bond motifs is 1. The first-order chi connectivity index (χ1) is 13.0. The molecule has 0 fully saturated rings. The summed E-state index contributed by atoms with van der Waals surface area (Å²) in [7, 11) is -2.29. The van der Waals surface area contributed by atoms with Gasteiger partial charge in [0.2, 0.25) is 0 Å². The summed E-state index contributed by atoms with van der Waals surface area (Å²) in [6.07, 6.45) is 3.37. The zero-order valence-corrected chi connectivity index (χ0v) is 15.4. The molecular weight excluding hydrogens is 365 g/mol. The van der Waals surface area contributed by atoms with Gasteiger partial charge in [-0.1, -0.05) is 18.2 Å². The Labute approximate surface area is 156 Å². The second kappa shape index (κ2) is 6.68. The highest BCUT2D eigenvalue weighted by molar-refractivity contribution is 7.90. The number of rotatable bonds is 5. The van der Waals surface area contributed by atoms with Crippen molar-refractivity contribution in [3.05, 3.63) is 78.4 Å². The highest BCUT2D eigenvalue weighted by atomic mass is 32.2. The molecule has 4 rings (SSSR count). The van der Waals surface area contributed by atoms with Gasteiger partial charge in [0.05, 0.1) is 5.69 Å². The smallest absolute Gasteiger partial charge is 0.271 e. The molecule has 2 aromatic heterocycles. The molecule has 2 heterocycles. The first-order valence-electron chi connectivity index (χ1n) is 8.44. The molecule has 0 amide bonds. The average molecular weight is 383 g/mol. The summed E-state index contributed by atoms with van der Waals surface area (Å²) in [6.45, 7) is 0.499. The zero-order chi connectivity index (χ0) is 19.0. The standard InChI is InChI=1S/C20H18FN3O2S/c1-22-12-14-10-19(16-6-7-18-15(11-16)8-9-23-18)24(13-14)27(25,26)20-5-3-2-4-17(20)21/h2-11,13,22-23H,12H2,1H3. The Morgan fingerprint density at radius 3 is 2.70 bits per heavy atom. The maximum absolute atomic E-state index is 14.2. The summed E-state index contributed by atoms with van der Waals surface area (Å²) in [4.78, 5) is 2.77. The van der Waals surface area contributed by atoms with Crippen LogP contribution >= 0.6 is 0 Å². The van der Waals surface area contributed by atoms with E-state index in [2.05, 4.69) is 10.3 Å². The molecule has 0 aliphatic rings. The maximum Gasteiger partial charge on any atom is 0.271 e. The van der Waals surface area contributed by atoms with E-state index in [9.17, 15) is 12.8 Å². The van der Waals surface area contributed by atoms with Crippen LogP contribution in [0.15, 0.2) is 71.9 Å². The SMILES string of the molecule is CNCc1cc(-c2ccc3[nH]ccc3c2)n(S(=O)(=O)c2ccccc2F)c1. The summed E-state index contributed by atoms with van der Waals surface area (Å²) in [5.41, 5.74) is 2.99. The van der Waals surface area contributed by atoms with Crippen molar-refractivity contribution in [3.8, 4) is 11.3 Å². The van der Waals surface area contributed by atoms with Gasteiger partial charge in [-0.3, -0.25) is 0 Å². The van der Waals surface area contributed by atoms with E-state index in [-0.39, 0.29) is 4.90 Å². The van der Waals surface area contributed by atoms with Gasteiger partial charge in [0.25, 0.3) is 10.0 Å². The third kappa shape index (κ3) is 3.05. The number of aromatic amines is 1. The second-order valence-corrected chi connectivity index (χ2v) is 8.06. The highest BCUT2D eigenvalue weighted by Crippen LogP contribution is 2.30. The van der Waals surface area contributed by atoms with Crippen LogP contribution in [0.4, 0.5) is 4.39 Å². The van der Waals surface area contributed by atoms with E-state index in [1.807, 2.05) is 36.5 Å². The molecular formula is C20H18FN3O2S. The minimum Gasteiger partial charge on any atom is -0.361 e. The molecule has 2 N–H and O–H groups in total. The van der Waals surface area contributed by atoms with Gasteiger partial charge in [-0.05, 0) is 54.6 Å². The molecule has 0 radical (unpaired) electrons. The minimum absolute atomic E-state index is 0.347. The molecule has 0 unspecified atom stereocenters. The van der Waals surface area contributed by atoms with Crippen LogP contribution in [0.1, 0.15) is 5.56 Å². The van der Waals surface area contributed by atoms with Crippen LogP contribution in [0.5, 0.6) is 0 Å². The van der Waals surface area contributed by atoms with Crippen LogP contribution in [-0.2, 0) is 16.6 Å². The fourth-order valence-electron chi connectivity index (χ4n) is 3.18. The van der Waals surface area contributed by atoms with Crippen LogP contribution < -0.4 is 5.32 Å². The quantitative estimate of drug-likeness (QED) is 0.552. The number of benzene rings is 2. The lowest BCUT2D eigenvalue weighted by Crippen LogP contribution is -2.15. The van der Waals surface area contributed by atoms with Gasteiger partial charge in [0, 0.05) is 29.8 Å². The molecule has 0 aliphatic heterocycles. The van der Waals surface area contributed by atoms with Crippen LogP contribution in [0, 0.1) is 5.82 Å². The number of halogens is 1. The van der Waals surface area contributed by atoms with Crippen LogP contribution in [0.3, 0.4) is 0 Å². The van der Waals surface area contributed by atoms with Crippen LogP contribution in [0.2, 0.25) is 0 Å². The zero-order valence-electron chi connectivity index (χ0n) is 14.6. The van der Waals surface area contributed by atoms with Gasteiger partial charge in [-0.15, -0.1) is 0 Å². The molecule has 4 aromatic rings. The van der Waals surface area contributed by atoms with Crippen molar-refractivity contribution in [3.63, 3.8) is 0 Å². The van der Waals surface area contributed by atoms with Crippen molar-refractivity contribution < 1.29 is 12.8 Å². The Balaban J connectivity index is 1.93. The van der Waals surface area contributed by atoms with Gasteiger partial charge in [-0.2, -0.15) is 0 Å². The lowest BCUT2D eigenvalue weighted by molar-refractivity contribution is 0.561. The number of hydrogen-bond acceptors (Lipinski definition) is 3. The molecule has 0 spiro atoms. The molecule has 2 aromatic carbocycles. The van der Waals surface area contributed by atoms with Crippen molar-refractivity contribution in [2.45, 2.75) is 11.4 Å². The summed E-state index contributed by atoms with van der Waals surface area (Å²) in [5, 5.41) is 3.99. The van der Waals surface area contributed by atoms with Crippen molar-refractivity contribution in [1.29, 1.82) is 0 Å². The topological polar surface area (TPSA) is 66.9 Å². The summed E-state index contributed by atoms with van der Waals surface area (Å²) < 4.78 is 41.7. The van der Waals surface area contributed by atoms with Gasteiger partial charge < -0.3 is 10.3 Å². The third-order valence-electron chi connectivity index (χ3n) is 4.45. The number of H-pyrrole nitrogens is 1. The van der Waals surface area contributed by atoms with E-state index in [1.165, 1.54) is 24.4 Å². The lowest BCUT2D eigenvalue weighted by Gasteiger charge is -2.11. The summed E-state index contributed by atoms with van der Waals surface area (Å²) in [5.74, 6) is -0.770. The molecule has 0 bridgehead atoms. The Kier molecular flexibility index (Phi) is 4.33. The van der Waals surface area contributed by atoms with Crippen molar-refractivity contribution in [2.75, 3.05) is 7.05 Å². The molecule has 0 saturated carbocycles. The number of hydrogen-bond donors (Lipinski definition) is 2. The average Bonchev–Trinajstić information content (AvgIpc) is 3.28. The van der Waals surface area contributed by atoms with Crippen molar-refractivity contribution in [2.24, 2.45) is 0 Å². The molecule has 0 aliphatic carbocycles. The number of aromatic nitrogens is 2. The normalized spacial score (nSPS) is 11.9. The Bertz CT molecular complexity index is 1220. The maximum atomic E-state index is 14.2. The minimum atomic E-state index is -4.08. The van der Waals surface area contributed by atoms with Crippen molar-refractivity contribution in [1.82, 2.24) is 14.3 Å². The van der Waals surface area contributed by atoms with Gasteiger partial charge in [-0.25, -0.2) is 16.8 Å². The first-order valence-corrected chi connectivity index (χ1v) is 9.88. The Hall–Kier alpha value is -2.90. The van der Waals surface area contributed by atoms with E-state index < -0.39 is 15.8 Å². The summed E-state index contributed by atoms with van der Waals surface area (Å²) >= 11 is 0. The number of nitrogens with zero attached hydrogens (tertiary/aromatic N) is 1. The highest BCUT2D eigenvalue weighted by Gasteiger charge is 2.24. The summed E-state index contributed by atoms with van der Waals surface area (Å²) in [6, 6.07) is 14.8. The first kappa shape index (κ1) is 17.5. The van der Waals surface area contributed by atoms with E-state index in [1.54, 1.807) is 7.05 Å². The fourth-order valence-corrected chi connectivity index (χ4v) is 4.65. The van der Waals surface area contributed by atoms with E-state index >= 15 is 0 Å². The molecule has 138 valence electrons. The predicted molar refractivity (Wildman–Crippen MR) is 103 cm³/mol.